The molecule has 0 radical (unpaired) electrons. The summed E-state index contributed by atoms with van der Waals surface area (Å²) in [5.74, 6) is -1.56. The van der Waals surface area contributed by atoms with Gasteiger partial charge in [-0.25, -0.2) is 0 Å². The molecule has 4 heteroatoms. The number of carbonyl (C=O) groups is 2. The molecule has 0 aromatic heterocycles. The van der Waals surface area contributed by atoms with Gasteiger partial charge in [-0.3, -0.25) is 9.59 Å². The molecule has 0 spiro atoms. The Balaban J connectivity index is 2.48. The molecule has 0 bridgehead atoms. The third-order valence-electron chi connectivity index (χ3n) is 2.81. The molecule has 1 aromatic carbocycles. The third-order valence-corrected chi connectivity index (χ3v) is 2.81. The highest BCUT2D eigenvalue weighted by atomic mass is 16.4. The quantitative estimate of drug-likeness (QED) is 0.695. The van der Waals surface area contributed by atoms with Crippen LogP contribution in [0.2, 0.25) is 0 Å². The van der Waals surface area contributed by atoms with Gasteiger partial charge in [0.25, 0.3) is 0 Å². The Hall–Kier alpha value is -1.84. The van der Waals surface area contributed by atoms with Crippen LogP contribution in [-0.2, 0) is 22.4 Å². The lowest BCUT2D eigenvalue weighted by atomic mass is 9.98. The first-order valence-electron chi connectivity index (χ1n) is 6.10. The van der Waals surface area contributed by atoms with Crippen LogP contribution in [0.25, 0.3) is 0 Å². The molecule has 4 nitrogen and oxygen atoms in total. The average Bonchev–Trinajstić information content (AvgIpc) is 2.33. The standard InChI is InChI=1S/C14H18O4/c15-13(16)8-4-3-6-11-5-1-2-7-12(11)9-10-14(17)18/h1-2,5,7H,3-4,6,8-10H2,(H,15,16)(H,17,18). The number of carboxylic acids is 2. The lowest BCUT2D eigenvalue weighted by Gasteiger charge is -2.08. The minimum atomic E-state index is -0.796. The molecule has 0 amide bonds. The van der Waals surface area contributed by atoms with E-state index < -0.39 is 11.9 Å². The third kappa shape index (κ3) is 5.48. The maximum Gasteiger partial charge on any atom is 0.303 e. The fourth-order valence-electron chi connectivity index (χ4n) is 1.88. The van der Waals surface area contributed by atoms with E-state index in [1.807, 2.05) is 24.3 Å². The normalized spacial score (nSPS) is 10.2. The summed E-state index contributed by atoms with van der Waals surface area (Å²) in [4.78, 5) is 20.9. The maximum atomic E-state index is 10.6. The van der Waals surface area contributed by atoms with Crippen molar-refractivity contribution in [1.29, 1.82) is 0 Å². The SMILES string of the molecule is O=C(O)CCCCc1ccccc1CCC(=O)O. The van der Waals surface area contributed by atoms with E-state index in [9.17, 15) is 9.59 Å². The van der Waals surface area contributed by atoms with E-state index in [-0.39, 0.29) is 12.8 Å². The van der Waals surface area contributed by atoms with Gasteiger partial charge in [-0.05, 0) is 36.8 Å². The summed E-state index contributed by atoms with van der Waals surface area (Å²) < 4.78 is 0. The molecule has 0 saturated carbocycles. The molecule has 0 aliphatic rings. The topological polar surface area (TPSA) is 74.6 Å². The first-order valence-corrected chi connectivity index (χ1v) is 6.10. The number of aryl methyl sites for hydroxylation is 2. The van der Waals surface area contributed by atoms with E-state index >= 15 is 0 Å². The Bertz CT molecular complexity index is 412. The van der Waals surface area contributed by atoms with Crippen LogP contribution in [0.15, 0.2) is 24.3 Å². The van der Waals surface area contributed by atoms with E-state index in [1.165, 1.54) is 0 Å². The van der Waals surface area contributed by atoms with Crippen LogP contribution in [0, 0.1) is 0 Å². The highest BCUT2D eigenvalue weighted by molar-refractivity contribution is 5.67. The predicted octanol–water partition coefficient (Wildman–Crippen LogP) is 2.50. The van der Waals surface area contributed by atoms with Crippen LogP contribution < -0.4 is 0 Å². The molecule has 2 N–H and O–H groups in total. The zero-order valence-corrected chi connectivity index (χ0v) is 10.3. The monoisotopic (exact) mass is 250 g/mol. The lowest BCUT2D eigenvalue weighted by molar-refractivity contribution is -0.138. The Morgan fingerprint density at radius 2 is 1.39 bits per heavy atom. The molecule has 1 rings (SSSR count). The number of rotatable bonds is 8. The van der Waals surface area contributed by atoms with Crippen molar-refractivity contribution in [2.45, 2.75) is 38.5 Å². The number of hydrogen-bond donors (Lipinski definition) is 2. The zero-order chi connectivity index (χ0) is 13.4. The van der Waals surface area contributed by atoms with Crippen molar-refractivity contribution >= 4 is 11.9 Å². The van der Waals surface area contributed by atoms with Crippen molar-refractivity contribution in [3.8, 4) is 0 Å². The van der Waals surface area contributed by atoms with E-state index in [0.717, 1.165) is 24.0 Å². The summed E-state index contributed by atoms with van der Waals surface area (Å²) in [5.41, 5.74) is 2.18. The molecule has 0 aliphatic carbocycles. The van der Waals surface area contributed by atoms with Gasteiger partial charge in [0.15, 0.2) is 0 Å². The van der Waals surface area contributed by atoms with Crippen LogP contribution >= 0.6 is 0 Å². The van der Waals surface area contributed by atoms with Gasteiger partial charge < -0.3 is 10.2 Å². The van der Waals surface area contributed by atoms with Gasteiger partial charge in [-0.15, -0.1) is 0 Å². The number of unbranched alkanes of at least 4 members (excludes halogenated alkanes) is 1. The van der Waals surface area contributed by atoms with Gasteiger partial charge in [0.05, 0.1) is 0 Å². The van der Waals surface area contributed by atoms with Gasteiger partial charge in [-0.2, -0.15) is 0 Å². The Morgan fingerprint density at radius 3 is 1.94 bits per heavy atom. The molecule has 0 heterocycles. The van der Waals surface area contributed by atoms with E-state index in [0.29, 0.717) is 12.8 Å². The summed E-state index contributed by atoms with van der Waals surface area (Å²) in [6.45, 7) is 0. The Kier molecular flexibility index (Phi) is 5.91. The second kappa shape index (κ2) is 7.48. The molecular weight excluding hydrogens is 232 g/mol. The molecule has 1 aromatic rings. The smallest absolute Gasteiger partial charge is 0.303 e. The van der Waals surface area contributed by atoms with Gasteiger partial charge in [-0.1, -0.05) is 24.3 Å². The Morgan fingerprint density at radius 1 is 0.833 bits per heavy atom. The zero-order valence-electron chi connectivity index (χ0n) is 10.3. The van der Waals surface area contributed by atoms with Crippen molar-refractivity contribution in [3.63, 3.8) is 0 Å². The first kappa shape index (κ1) is 14.2. The molecule has 0 fully saturated rings. The van der Waals surface area contributed by atoms with E-state index in [1.54, 1.807) is 0 Å². The minimum absolute atomic E-state index is 0.131. The number of aliphatic carboxylic acids is 2. The fraction of sp³-hybridized carbons (Fsp3) is 0.429. The van der Waals surface area contributed by atoms with Crippen LogP contribution in [-0.4, -0.2) is 22.2 Å². The lowest BCUT2D eigenvalue weighted by Crippen LogP contribution is -2.01. The fourth-order valence-corrected chi connectivity index (χ4v) is 1.88. The summed E-state index contributed by atoms with van der Waals surface area (Å²) in [6, 6.07) is 7.75. The highest BCUT2D eigenvalue weighted by Gasteiger charge is 2.05. The van der Waals surface area contributed by atoms with Crippen LogP contribution in [0.4, 0.5) is 0 Å². The summed E-state index contributed by atoms with van der Waals surface area (Å²) >= 11 is 0. The predicted molar refractivity (Wildman–Crippen MR) is 67.6 cm³/mol. The van der Waals surface area contributed by atoms with Crippen molar-refractivity contribution in [1.82, 2.24) is 0 Å². The summed E-state index contributed by atoms with van der Waals surface area (Å²) in [5, 5.41) is 17.2. The summed E-state index contributed by atoms with van der Waals surface area (Å²) in [7, 11) is 0. The molecule has 0 aliphatic heterocycles. The van der Waals surface area contributed by atoms with Gasteiger partial charge in [0, 0.05) is 12.8 Å². The molecule has 18 heavy (non-hydrogen) atoms. The number of carboxylic acid groups (broad SMARTS) is 2. The number of hydrogen-bond acceptors (Lipinski definition) is 2. The minimum Gasteiger partial charge on any atom is -0.481 e. The van der Waals surface area contributed by atoms with Crippen molar-refractivity contribution in [2.24, 2.45) is 0 Å². The van der Waals surface area contributed by atoms with Crippen molar-refractivity contribution in [2.75, 3.05) is 0 Å². The molecule has 0 saturated heterocycles. The second-order valence-electron chi connectivity index (χ2n) is 4.26. The Labute approximate surface area is 106 Å². The molecular formula is C14H18O4. The van der Waals surface area contributed by atoms with Crippen molar-refractivity contribution < 1.29 is 19.8 Å². The number of benzene rings is 1. The van der Waals surface area contributed by atoms with E-state index in [2.05, 4.69) is 0 Å². The van der Waals surface area contributed by atoms with Crippen LogP contribution in [0.3, 0.4) is 0 Å². The van der Waals surface area contributed by atoms with Gasteiger partial charge >= 0.3 is 11.9 Å². The van der Waals surface area contributed by atoms with Gasteiger partial charge in [0.2, 0.25) is 0 Å². The first-order chi connectivity index (χ1) is 8.59. The average molecular weight is 250 g/mol. The second-order valence-corrected chi connectivity index (χ2v) is 4.26. The molecule has 0 unspecified atom stereocenters. The largest absolute Gasteiger partial charge is 0.481 e. The van der Waals surface area contributed by atoms with Crippen LogP contribution in [0.1, 0.15) is 36.8 Å². The highest BCUT2D eigenvalue weighted by Crippen LogP contribution is 2.14. The molecule has 98 valence electrons. The maximum absolute atomic E-state index is 10.6. The van der Waals surface area contributed by atoms with Crippen molar-refractivity contribution in [3.05, 3.63) is 35.4 Å². The van der Waals surface area contributed by atoms with Crippen LogP contribution in [0.5, 0.6) is 0 Å². The summed E-state index contributed by atoms with van der Waals surface area (Å²) in [6.07, 6.45) is 3.13. The van der Waals surface area contributed by atoms with Gasteiger partial charge in [0.1, 0.15) is 0 Å². The molecule has 0 atom stereocenters. The van der Waals surface area contributed by atoms with E-state index in [4.69, 9.17) is 10.2 Å².